The van der Waals surface area contributed by atoms with E-state index in [1.54, 1.807) is 26.0 Å². The molecule has 0 bridgehead atoms. The van der Waals surface area contributed by atoms with Crippen LogP contribution in [-0.2, 0) is 9.59 Å². The number of ether oxygens (including phenoxy) is 1. The lowest BCUT2D eigenvalue weighted by Gasteiger charge is -2.21. The molecule has 136 valence electrons. The van der Waals surface area contributed by atoms with Gasteiger partial charge in [0.05, 0.1) is 17.1 Å². The predicted molar refractivity (Wildman–Crippen MR) is 93.6 cm³/mol. The zero-order valence-electron chi connectivity index (χ0n) is 14.7. The summed E-state index contributed by atoms with van der Waals surface area (Å²) in [5, 5.41) is 2.86. The largest absolute Gasteiger partial charge is 0.421 e. The van der Waals surface area contributed by atoms with E-state index in [1.807, 2.05) is 0 Å². The van der Waals surface area contributed by atoms with Crippen molar-refractivity contribution in [1.82, 2.24) is 9.97 Å². The monoisotopic (exact) mass is 357 g/mol. The van der Waals surface area contributed by atoms with Gasteiger partial charge >= 0.3 is 6.01 Å². The molecule has 2 aromatic rings. The Bertz CT molecular complexity index is 821. The van der Waals surface area contributed by atoms with Crippen molar-refractivity contribution in [1.29, 1.82) is 0 Å². The van der Waals surface area contributed by atoms with E-state index in [2.05, 4.69) is 15.3 Å². The standard InChI is InChI=1S/C19H20FN3O3/c1-11-17(23-18(25)13-7-9-14(24)10-8-13)12(2)22-19(21-11)26-16-6-4-3-5-15(16)20/h3-6,13H,7-10H2,1-2H3,(H,23,25). The topological polar surface area (TPSA) is 81.2 Å². The number of benzene rings is 1. The van der Waals surface area contributed by atoms with Gasteiger partial charge in [-0.2, -0.15) is 9.97 Å². The van der Waals surface area contributed by atoms with E-state index in [-0.39, 0.29) is 29.4 Å². The predicted octanol–water partition coefficient (Wildman–Crippen LogP) is 3.72. The molecule has 1 aliphatic rings. The number of para-hydroxylation sites is 1. The minimum Gasteiger partial charge on any atom is -0.421 e. The van der Waals surface area contributed by atoms with Crippen LogP contribution in [-0.4, -0.2) is 21.7 Å². The molecule has 0 aliphatic heterocycles. The molecule has 1 fully saturated rings. The summed E-state index contributed by atoms with van der Waals surface area (Å²) in [6.07, 6.45) is 2.03. The lowest BCUT2D eigenvalue weighted by molar-refractivity contribution is -0.125. The lowest BCUT2D eigenvalue weighted by atomic mass is 9.88. The molecule has 0 spiro atoms. The first-order valence-electron chi connectivity index (χ1n) is 8.54. The van der Waals surface area contributed by atoms with Gasteiger partial charge in [-0.1, -0.05) is 12.1 Å². The number of Topliss-reactive ketones (excluding diaryl/α,β-unsaturated/α-hetero) is 1. The van der Waals surface area contributed by atoms with Crippen LogP contribution < -0.4 is 10.1 Å². The third-order valence-corrected chi connectivity index (χ3v) is 4.45. The number of hydrogen-bond acceptors (Lipinski definition) is 5. The molecular formula is C19H20FN3O3. The van der Waals surface area contributed by atoms with Gasteiger partial charge in [-0.05, 0) is 38.8 Å². The second-order valence-electron chi connectivity index (χ2n) is 6.39. The van der Waals surface area contributed by atoms with E-state index >= 15 is 0 Å². The second-order valence-corrected chi connectivity index (χ2v) is 6.39. The Balaban J connectivity index is 1.74. The second kappa shape index (κ2) is 7.59. The molecular weight excluding hydrogens is 337 g/mol. The summed E-state index contributed by atoms with van der Waals surface area (Å²) in [6.45, 7) is 3.45. The summed E-state index contributed by atoms with van der Waals surface area (Å²) in [4.78, 5) is 32.2. The van der Waals surface area contributed by atoms with E-state index < -0.39 is 5.82 Å². The van der Waals surface area contributed by atoms with Gasteiger partial charge in [-0.15, -0.1) is 0 Å². The fourth-order valence-corrected chi connectivity index (χ4v) is 2.97. The SMILES string of the molecule is Cc1nc(Oc2ccccc2F)nc(C)c1NC(=O)C1CCC(=O)CC1. The molecule has 1 N–H and O–H groups in total. The number of halogens is 1. The van der Waals surface area contributed by atoms with Crippen LogP contribution in [0.15, 0.2) is 24.3 Å². The number of anilines is 1. The summed E-state index contributed by atoms with van der Waals surface area (Å²) in [6, 6.07) is 6.02. The van der Waals surface area contributed by atoms with Crippen molar-refractivity contribution in [2.24, 2.45) is 5.92 Å². The normalized spacial score (nSPS) is 15.0. The zero-order chi connectivity index (χ0) is 18.7. The highest BCUT2D eigenvalue weighted by atomic mass is 19.1. The Morgan fingerprint density at radius 1 is 1.15 bits per heavy atom. The van der Waals surface area contributed by atoms with Gasteiger partial charge < -0.3 is 10.1 Å². The quantitative estimate of drug-likeness (QED) is 0.902. The Hall–Kier alpha value is -2.83. The summed E-state index contributed by atoms with van der Waals surface area (Å²) in [5.74, 6) is -0.569. The molecule has 1 saturated carbocycles. The summed E-state index contributed by atoms with van der Waals surface area (Å²) < 4.78 is 19.1. The third kappa shape index (κ3) is 4.04. The van der Waals surface area contributed by atoms with Crippen LogP contribution in [0.4, 0.5) is 10.1 Å². The number of ketones is 1. The highest BCUT2D eigenvalue weighted by Gasteiger charge is 2.26. The molecule has 26 heavy (non-hydrogen) atoms. The number of hydrogen-bond donors (Lipinski definition) is 1. The maximum absolute atomic E-state index is 13.7. The van der Waals surface area contributed by atoms with Crippen LogP contribution in [0.25, 0.3) is 0 Å². The first kappa shape index (κ1) is 18.0. The highest BCUT2D eigenvalue weighted by molar-refractivity contribution is 5.94. The maximum Gasteiger partial charge on any atom is 0.322 e. The molecule has 3 rings (SSSR count). The van der Waals surface area contributed by atoms with Gasteiger partial charge in [0.15, 0.2) is 11.6 Å². The van der Waals surface area contributed by atoms with Crippen molar-refractivity contribution in [3.63, 3.8) is 0 Å². The number of aryl methyl sites for hydroxylation is 2. The van der Waals surface area contributed by atoms with Gasteiger partial charge in [0.1, 0.15) is 5.78 Å². The summed E-state index contributed by atoms with van der Waals surface area (Å²) in [7, 11) is 0. The molecule has 7 heteroatoms. The van der Waals surface area contributed by atoms with Gasteiger partial charge in [-0.25, -0.2) is 4.39 Å². The molecule has 1 aromatic carbocycles. The molecule has 0 radical (unpaired) electrons. The first-order valence-corrected chi connectivity index (χ1v) is 8.54. The van der Waals surface area contributed by atoms with Crippen LogP contribution in [0.3, 0.4) is 0 Å². The van der Waals surface area contributed by atoms with Gasteiger partial charge in [0.2, 0.25) is 5.91 Å². The number of rotatable bonds is 4. The van der Waals surface area contributed by atoms with Crippen LogP contribution in [0.2, 0.25) is 0 Å². The minimum atomic E-state index is -0.504. The average Bonchev–Trinajstić information content (AvgIpc) is 2.60. The number of carbonyl (C=O) groups is 2. The minimum absolute atomic E-state index is 0.0198. The Kier molecular flexibility index (Phi) is 5.25. The first-order chi connectivity index (χ1) is 12.4. The van der Waals surface area contributed by atoms with Crippen LogP contribution in [0.5, 0.6) is 11.8 Å². The summed E-state index contributed by atoms with van der Waals surface area (Å²) in [5.41, 5.74) is 1.58. The fourth-order valence-electron chi connectivity index (χ4n) is 2.97. The molecule has 0 saturated heterocycles. The average molecular weight is 357 g/mol. The van der Waals surface area contributed by atoms with Gasteiger partial charge in [-0.3, -0.25) is 9.59 Å². The number of nitrogens with one attached hydrogen (secondary N) is 1. The van der Waals surface area contributed by atoms with Crippen molar-refractivity contribution in [3.05, 3.63) is 41.5 Å². The highest BCUT2D eigenvalue weighted by Crippen LogP contribution is 2.27. The van der Waals surface area contributed by atoms with E-state index in [4.69, 9.17) is 4.74 Å². The molecule has 1 aromatic heterocycles. The van der Waals surface area contributed by atoms with Crippen LogP contribution in [0.1, 0.15) is 37.1 Å². The van der Waals surface area contributed by atoms with Crippen molar-refractivity contribution in [3.8, 4) is 11.8 Å². The number of nitrogens with zero attached hydrogens (tertiary/aromatic N) is 2. The molecule has 6 nitrogen and oxygen atoms in total. The van der Waals surface area contributed by atoms with Gasteiger partial charge in [0, 0.05) is 18.8 Å². The molecule has 1 heterocycles. The number of amides is 1. The third-order valence-electron chi connectivity index (χ3n) is 4.45. The van der Waals surface area contributed by atoms with Gasteiger partial charge in [0.25, 0.3) is 0 Å². The van der Waals surface area contributed by atoms with E-state index in [9.17, 15) is 14.0 Å². The van der Waals surface area contributed by atoms with Crippen molar-refractivity contribution in [2.75, 3.05) is 5.32 Å². The Morgan fingerprint density at radius 3 is 2.38 bits per heavy atom. The Labute approximate surface area is 150 Å². The van der Waals surface area contributed by atoms with Crippen molar-refractivity contribution >= 4 is 17.4 Å². The molecule has 1 amide bonds. The summed E-state index contributed by atoms with van der Waals surface area (Å²) >= 11 is 0. The molecule has 0 atom stereocenters. The van der Waals surface area contributed by atoms with Crippen molar-refractivity contribution < 1.29 is 18.7 Å². The van der Waals surface area contributed by atoms with Crippen LogP contribution >= 0.6 is 0 Å². The zero-order valence-corrected chi connectivity index (χ0v) is 14.7. The Morgan fingerprint density at radius 2 is 1.77 bits per heavy atom. The van der Waals surface area contributed by atoms with Crippen LogP contribution in [0, 0.1) is 25.6 Å². The lowest BCUT2D eigenvalue weighted by Crippen LogP contribution is -2.28. The molecule has 1 aliphatic carbocycles. The van der Waals surface area contributed by atoms with E-state index in [0.717, 1.165) is 0 Å². The number of carbonyl (C=O) groups excluding carboxylic acids is 2. The van der Waals surface area contributed by atoms with Crippen molar-refractivity contribution in [2.45, 2.75) is 39.5 Å². The maximum atomic E-state index is 13.7. The van der Waals surface area contributed by atoms with E-state index in [1.165, 1.54) is 12.1 Å². The fraction of sp³-hybridized carbons (Fsp3) is 0.368. The molecule has 0 unspecified atom stereocenters. The number of aromatic nitrogens is 2. The smallest absolute Gasteiger partial charge is 0.322 e. The van der Waals surface area contributed by atoms with E-state index in [0.29, 0.717) is 42.8 Å².